The van der Waals surface area contributed by atoms with E-state index in [1.165, 1.54) is 31.4 Å². The maximum Gasteiger partial charge on any atom is 0.0703 e. The highest BCUT2D eigenvalue weighted by molar-refractivity contribution is 5.21. The van der Waals surface area contributed by atoms with Gasteiger partial charge in [-0.2, -0.15) is 0 Å². The monoisotopic (exact) mass is 286 g/mol. The topological polar surface area (TPSA) is 24.5 Å². The van der Waals surface area contributed by atoms with Gasteiger partial charge in [-0.1, -0.05) is 30.3 Å². The van der Waals surface area contributed by atoms with Crippen LogP contribution in [0.2, 0.25) is 0 Å². The standard InChI is InChI=1S/C18H26N2O/c1-13-17(9-10-21-13)20-12-16(14-7-8-14)19-11-18(20)15-5-3-2-4-6-15/h2-6,13-14,16-19H,7-12H2,1H3. The molecular formula is C18H26N2O. The van der Waals surface area contributed by atoms with Crippen LogP contribution in [-0.2, 0) is 4.74 Å². The fourth-order valence-corrected chi connectivity index (χ4v) is 4.12. The molecule has 1 aliphatic carbocycles. The van der Waals surface area contributed by atoms with Crippen LogP contribution in [0.1, 0.15) is 37.8 Å². The van der Waals surface area contributed by atoms with E-state index in [1.807, 2.05) is 0 Å². The first kappa shape index (κ1) is 13.7. The van der Waals surface area contributed by atoms with E-state index < -0.39 is 0 Å². The zero-order valence-electron chi connectivity index (χ0n) is 12.9. The van der Waals surface area contributed by atoms with Gasteiger partial charge in [0.15, 0.2) is 0 Å². The van der Waals surface area contributed by atoms with Crippen LogP contribution >= 0.6 is 0 Å². The van der Waals surface area contributed by atoms with Crippen molar-refractivity contribution in [2.75, 3.05) is 19.7 Å². The molecule has 114 valence electrons. The lowest BCUT2D eigenvalue weighted by molar-refractivity contribution is 0.0277. The van der Waals surface area contributed by atoms with Crippen LogP contribution in [-0.4, -0.2) is 42.8 Å². The summed E-state index contributed by atoms with van der Waals surface area (Å²) in [6, 6.07) is 12.8. The van der Waals surface area contributed by atoms with Gasteiger partial charge in [0.25, 0.3) is 0 Å². The molecule has 21 heavy (non-hydrogen) atoms. The van der Waals surface area contributed by atoms with Crippen LogP contribution in [0.5, 0.6) is 0 Å². The van der Waals surface area contributed by atoms with Gasteiger partial charge in [-0.25, -0.2) is 0 Å². The number of rotatable bonds is 3. The van der Waals surface area contributed by atoms with Crippen molar-refractivity contribution < 1.29 is 4.74 Å². The van der Waals surface area contributed by atoms with Crippen LogP contribution in [0.15, 0.2) is 30.3 Å². The summed E-state index contributed by atoms with van der Waals surface area (Å²) in [6.07, 6.45) is 4.38. The molecule has 3 heteroatoms. The third kappa shape index (κ3) is 2.75. The predicted octanol–water partition coefficient (Wildman–Crippen LogP) is 2.59. The molecule has 1 N–H and O–H groups in total. The first-order valence-electron chi connectivity index (χ1n) is 8.48. The van der Waals surface area contributed by atoms with Crippen LogP contribution in [0.3, 0.4) is 0 Å². The van der Waals surface area contributed by atoms with Crippen LogP contribution in [0.4, 0.5) is 0 Å². The Balaban J connectivity index is 1.58. The summed E-state index contributed by atoms with van der Waals surface area (Å²) in [5.41, 5.74) is 1.44. The minimum Gasteiger partial charge on any atom is -0.377 e. The minimum absolute atomic E-state index is 0.370. The molecule has 2 saturated heterocycles. The summed E-state index contributed by atoms with van der Waals surface area (Å²) in [4.78, 5) is 2.74. The second kappa shape index (κ2) is 5.71. The average Bonchev–Trinajstić information content (AvgIpc) is 3.29. The molecule has 0 radical (unpaired) electrons. The molecule has 1 aromatic rings. The molecule has 3 nitrogen and oxygen atoms in total. The van der Waals surface area contributed by atoms with Gasteiger partial charge >= 0.3 is 0 Å². The highest BCUT2D eigenvalue weighted by Crippen LogP contribution is 2.38. The summed E-state index contributed by atoms with van der Waals surface area (Å²) in [5, 5.41) is 3.82. The van der Waals surface area contributed by atoms with E-state index in [-0.39, 0.29) is 0 Å². The minimum atomic E-state index is 0.370. The molecule has 3 fully saturated rings. The van der Waals surface area contributed by atoms with Gasteiger partial charge in [0.05, 0.1) is 6.10 Å². The second-order valence-electron chi connectivity index (χ2n) is 6.91. The van der Waals surface area contributed by atoms with E-state index in [0.717, 1.165) is 19.1 Å². The predicted molar refractivity (Wildman–Crippen MR) is 84.2 cm³/mol. The fourth-order valence-electron chi connectivity index (χ4n) is 4.12. The Morgan fingerprint density at radius 2 is 1.95 bits per heavy atom. The molecule has 1 aromatic carbocycles. The van der Waals surface area contributed by atoms with Crippen molar-refractivity contribution in [2.45, 2.75) is 50.4 Å². The molecule has 0 amide bonds. The third-order valence-corrected chi connectivity index (χ3v) is 5.52. The first-order chi connectivity index (χ1) is 10.3. The molecule has 4 rings (SSSR count). The van der Waals surface area contributed by atoms with E-state index in [1.54, 1.807) is 0 Å². The molecule has 1 saturated carbocycles. The van der Waals surface area contributed by atoms with E-state index in [4.69, 9.17) is 4.74 Å². The van der Waals surface area contributed by atoms with Crippen LogP contribution < -0.4 is 5.32 Å². The quantitative estimate of drug-likeness (QED) is 0.924. The molecule has 4 atom stereocenters. The lowest BCUT2D eigenvalue weighted by Gasteiger charge is -2.45. The molecular weight excluding hydrogens is 260 g/mol. The lowest BCUT2D eigenvalue weighted by Crippen LogP contribution is -2.57. The summed E-state index contributed by atoms with van der Waals surface area (Å²) in [5.74, 6) is 0.918. The Hall–Kier alpha value is -0.900. The number of ether oxygens (including phenoxy) is 1. The highest BCUT2D eigenvalue weighted by atomic mass is 16.5. The Labute approximate surface area is 127 Å². The maximum absolute atomic E-state index is 5.85. The van der Waals surface area contributed by atoms with Crippen molar-refractivity contribution in [1.29, 1.82) is 0 Å². The van der Waals surface area contributed by atoms with E-state index in [9.17, 15) is 0 Å². The number of hydrogen-bond donors (Lipinski definition) is 1. The summed E-state index contributed by atoms with van der Waals surface area (Å²) < 4.78 is 5.85. The fraction of sp³-hybridized carbons (Fsp3) is 0.667. The highest BCUT2D eigenvalue weighted by Gasteiger charge is 2.42. The van der Waals surface area contributed by atoms with Gasteiger partial charge in [-0.3, -0.25) is 4.90 Å². The number of nitrogens with one attached hydrogen (secondary N) is 1. The first-order valence-corrected chi connectivity index (χ1v) is 8.48. The average molecular weight is 286 g/mol. The van der Waals surface area contributed by atoms with Gasteiger partial charge in [0.2, 0.25) is 0 Å². The molecule has 2 heterocycles. The molecule has 3 aliphatic rings. The Kier molecular flexibility index (Phi) is 3.74. The van der Waals surface area contributed by atoms with Crippen molar-refractivity contribution in [3.05, 3.63) is 35.9 Å². The number of hydrogen-bond acceptors (Lipinski definition) is 3. The molecule has 0 bridgehead atoms. The summed E-state index contributed by atoms with van der Waals surface area (Å²) in [6.45, 7) is 5.43. The van der Waals surface area contributed by atoms with Crippen molar-refractivity contribution in [1.82, 2.24) is 10.2 Å². The van der Waals surface area contributed by atoms with E-state index in [0.29, 0.717) is 24.2 Å². The lowest BCUT2D eigenvalue weighted by atomic mass is 9.95. The van der Waals surface area contributed by atoms with Gasteiger partial charge in [-0.05, 0) is 37.7 Å². The van der Waals surface area contributed by atoms with E-state index >= 15 is 0 Å². The maximum atomic E-state index is 5.85. The third-order valence-electron chi connectivity index (χ3n) is 5.52. The van der Waals surface area contributed by atoms with Crippen molar-refractivity contribution in [2.24, 2.45) is 5.92 Å². The Bertz CT molecular complexity index is 473. The SMILES string of the molecule is CC1OCCC1N1CC(C2CC2)NCC1c1ccccc1. The number of nitrogens with zero attached hydrogens (tertiary/aromatic N) is 1. The van der Waals surface area contributed by atoms with Crippen molar-refractivity contribution in [3.63, 3.8) is 0 Å². The molecule has 4 unspecified atom stereocenters. The second-order valence-corrected chi connectivity index (χ2v) is 6.91. The smallest absolute Gasteiger partial charge is 0.0703 e. The largest absolute Gasteiger partial charge is 0.377 e. The Morgan fingerprint density at radius 3 is 2.62 bits per heavy atom. The summed E-state index contributed by atoms with van der Waals surface area (Å²) in [7, 11) is 0. The number of piperazine rings is 1. The van der Waals surface area contributed by atoms with Gasteiger partial charge in [-0.15, -0.1) is 0 Å². The molecule has 0 spiro atoms. The van der Waals surface area contributed by atoms with Gasteiger partial charge < -0.3 is 10.1 Å². The molecule has 2 aliphatic heterocycles. The number of benzene rings is 1. The zero-order valence-corrected chi connectivity index (χ0v) is 12.9. The van der Waals surface area contributed by atoms with Gasteiger partial charge in [0, 0.05) is 37.8 Å². The normalized spacial score (nSPS) is 37.8. The van der Waals surface area contributed by atoms with Crippen LogP contribution in [0, 0.1) is 5.92 Å². The Morgan fingerprint density at radius 1 is 1.14 bits per heavy atom. The van der Waals surface area contributed by atoms with Crippen molar-refractivity contribution >= 4 is 0 Å². The van der Waals surface area contributed by atoms with Crippen LogP contribution in [0.25, 0.3) is 0 Å². The molecule has 0 aromatic heterocycles. The van der Waals surface area contributed by atoms with Gasteiger partial charge in [0.1, 0.15) is 0 Å². The van der Waals surface area contributed by atoms with E-state index in [2.05, 4.69) is 47.5 Å². The van der Waals surface area contributed by atoms with Crippen molar-refractivity contribution in [3.8, 4) is 0 Å². The summed E-state index contributed by atoms with van der Waals surface area (Å²) >= 11 is 0. The zero-order chi connectivity index (χ0) is 14.2.